The molecule has 0 fully saturated rings. The SMILES string of the molecule is C=C/C=C(\C=C(C)\C=C\C=C(/C=C\C)C1=CCCC=C1)C(/C=C)=C/C(C)=C\CC. The highest BCUT2D eigenvalue weighted by atomic mass is 14.1. The van der Waals surface area contributed by atoms with Gasteiger partial charge in [0, 0.05) is 0 Å². The van der Waals surface area contributed by atoms with E-state index in [4.69, 9.17) is 0 Å². The summed E-state index contributed by atoms with van der Waals surface area (Å²) in [7, 11) is 0. The smallest absolute Gasteiger partial charge is 0.0182 e. The summed E-state index contributed by atoms with van der Waals surface area (Å²) in [5.74, 6) is 0. The molecule has 0 bridgehead atoms. The van der Waals surface area contributed by atoms with E-state index in [9.17, 15) is 0 Å². The first-order valence-electron chi connectivity index (χ1n) is 10.5. The average Bonchev–Trinajstić information content (AvgIpc) is 2.72. The van der Waals surface area contributed by atoms with Crippen LogP contribution in [0.4, 0.5) is 0 Å². The van der Waals surface area contributed by atoms with Crippen molar-refractivity contribution in [3.05, 3.63) is 132 Å². The lowest BCUT2D eigenvalue weighted by Crippen LogP contribution is -1.88. The highest BCUT2D eigenvalue weighted by Crippen LogP contribution is 2.21. The van der Waals surface area contributed by atoms with E-state index in [0.717, 1.165) is 30.4 Å². The van der Waals surface area contributed by atoms with Crippen molar-refractivity contribution in [1.29, 1.82) is 0 Å². The highest BCUT2D eigenvalue weighted by Gasteiger charge is 2.01. The van der Waals surface area contributed by atoms with Gasteiger partial charge >= 0.3 is 0 Å². The fourth-order valence-corrected chi connectivity index (χ4v) is 3.09. The molecule has 0 heteroatoms. The van der Waals surface area contributed by atoms with E-state index in [1.165, 1.54) is 22.3 Å². The van der Waals surface area contributed by atoms with Gasteiger partial charge in [0.05, 0.1) is 0 Å². The van der Waals surface area contributed by atoms with Crippen molar-refractivity contribution in [2.45, 2.75) is 47.0 Å². The summed E-state index contributed by atoms with van der Waals surface area (Å²) in [5, 5.41) is 0. The number of hydrogen-bond donors (Lipinski definition) is 0. The summed E-state index contributed by atoms with van der Waals surface area (Å²) < 4.78 is 0. The highest BCUT2D eigenvalue weighted by molar-refractivity contribution is 5.53. The zero-order valence-corrected chi connectivity index (χ0v) is 18.6. The molecule has 152 valence electrons. The molecule has 0 saturated carbocycles. The largest absolute Gasteiger partial charge is 0.0990 e. The maximum Gasteiger partial charge on any atom is -0.0182 e. The van der Waals surface area contributed by atoms with Gasteiger partial charge in [-0.2, -0.15) is 0 Å². The third-order valence-corrected chi connectivity index (χ3v) is 4.45. The lowest BCUT2D eigenvalue weighted by molar-refractivity contribution is 1.02. The predicted octanol–water partition coefficient (Wildman–Crippen LogP) is 8.85. The van der Waals surface area contributed by atoms with Gasteiger partial charge in [0.25, 0.3) is 0 Å². The van der Waals surface area contributed by atoms with Crippen LogP contribution in [-0.4, -0.2) is 0 Å². The zero-order valence-electron chi connectivity index (χ0n) is 18.6. The second kappa shape index (κ2) is 14.2. The average molecular weight is 385 g/mol. The van der Waals surface area contributed by atoms with Crippen LogP contribution < -0.4 is 0 Å². The van der Waals surface area contributed by atoms with E-state index in [1.807, 2.05) is 18.2 Å². The molecule has 0 unspecified atom stereocenters. The fraction of sp³-hybridized carbons (Fsp3) is 0.241. The molecule has 0 N–H and O–H groups in total. The molecule has 0 heterocycles. The summed E-state index contributed by atoms with van der Waals surface area (Å²) in [6.07, 6.45) is 33.0. The lowest BCUT2D eigenvalue weighted by Gasteiger charge is -2.07. The molecule has 1 aliphatic carbocycles. The third-order valence-electron chi connectivity index (χ3n) is 4.45. The molecular weight excluding hydrogens is 348 g/mol. The molecule has 0 nitrogen and oxygen atoms in total. The van der Waals surface area contributed by atoms with E-state index in [2.05, 4.69) is 108 Å². The van der Waals surface area contributed by atoms with E-state index >= 15 is 0 Å². The zero-order chi connectivity index (χ0) is 21.5. The van der Waals surface area contributed by atoms with Crippen LogP contribution in [0.25, 0.3) is 0 Å². The normalized spacial score (nSPS) is 17.2. The van der Waals surface area contributed by atoms with Crippen molar-refractivity contribution in [2.24, 2.45) is 0 Å². The van der Waals surface area contributed by atoms with Crippen LogP contribution in [0, 0.1) is 0 Å². The van der Waals surface area contributed by atoms with Crippen LogP contribution in [0.3, 0.4) is 0 Å². The Morgan fingerprint density at radius 1 is 1.00 bits per heavy atom. The summed E-state index contributed by atoms with van der Waals surface area (Å²) in [4.78, 5) is 0. The Kier molecular flexibility index (Phi) is 11.8. The lowest BCUT2D eigenvalue weighted by atomic mass is 9.98. The summed E-state index contributed by atoms with van der Waals surface area (Å²) in [6, 6.07) is 0. The molecule has 0 amide bonds. The van der Waals surface area contributed by atoms with Gasteiger partial charge in [0.15, 0.2) is 0 Å². The van der Waals surface area contributed by atoms with Gasteiger partial charge in [-0.15, -0.1) is 0 Å². The Labute approximate surface area is 178 Å². The second-order valence-corrected chi connectivity index (χ2v) is 7.03. The van der Waals surface area contributed by atoms with Gasteiger partial charge in [-0.05, 0) is 62.3 Å². The van der Waals surface area contributed by atoms with E-state index in [0.29, 0.717) is 0 Å². The van der Waals surface area contributed by atoms with Crippen LogP contribution >= 0.6 is 0 Å². The fourth-order valence-electron chi connectivity index (χ4n) is 3.09. The predicted molar refractivity (Wildman–Crippen MR) is 133 cm³/mol. The van der Waals surface area contributed by atoms with Crippen molar-refractivity contribution >= 4 is 0 Å². The summed E-state index contributed by atoms with van der Waals surface area (Å²) in [5.41, 5.74) is 7.15. The van der Waals surface area contributed by atoms with E-state index in [-0.39, 0.29) is 0 Å². The Balaban J connectivity index is 3.13. The summed E-state index contributed by atoms with van der Waals surface area (Å²) >= 11 is 0. The molecule has 0 radical (unpaired) electrons. The molecule has 0 spiro atoms. The van der Waals surface area contributed by atoms with Crippen LogP contribution in [0.15, 0.2) is 132 Å². The maximum atomic E-state index is 3.99. The molecular formula is C29H36. The minimum atomic E-state index is 1.03. The Morgan fingerprint density at radius 3 is 2.38 bits per heavy atom. The molecule has 1 aliphatic rings. The van der Waals surface area contributed by atoms with Gasteiger partial charge in [0.1, 0.15) is 0 Å². The van der Waals surface area contributed by atoms with Crippen molar-refractivity contribution in [1.82, 2.24) is 0 Å². The minimum absolute atomic E-state index is 1.03. The van der Waals surface area contributed by atoms with Crippen LogP contribution in [0.5, 0.6) is 0 Å². The summed E-state index contributed by atoms with van der Waals surface area (Å²) in [6.45, 7) is 16.3. The van der Waals surface area contributed by atoms with Crippen molar-refractivity contribution in [3.63, 3.8) is 0 Å². The molecule has 1 rings (SSSR count). The Hall–Kier alpha value is -2.86. The van der Waals surface area contributed by atoms with Crippen molar-refractivity contribution in [2.75, 3.05) is 0 Å². The first-order valence-corrected chi connectivity index (χ1v) is 10.5. The Bertz CT molecular complexity index is 836. The molecule has 0 saturated heterocycles. The van der Waals surface area contributed by atoms with Gasteiger partial charge < -0.3 is 0 Å². The maximum absolute atomic E-state index is 3.99. The molecule has 0 atom stereocenters. The minimum Gasteiger partial charge on any atom is -0.0990 e. The van der Waals surface area contributed by atoms with Crippen molar-refractivity contribution < 1.29 is 0 Å². The third kappa shape index (κ3) is 9.25. The topological polar surface area (TPSA) is 0 Å². The molecule has 0 aliphatic heterocycles. The van der Waals surface area contributed by atoms with Crippen LogP contribution in [0.1, 0.15) is 47.0 Å². The van der Waals surface area contributed by atoms with Gasteiger partial charge in [-0.3, -0.25) is 0 Å². The van der Waals surface area contributed by atoms with Gasteiger partial charge in [-0.1, -0.05) is 116 Å². The van der Waals surface area contributed by atoms with Crippen LogP contribution in [0.2, 0.25) is 0 Å². The molecule has 29 heavy (non-hydrogen) atoms. The number of rotatable bonds is 10. The Morgan fingerprint density at radius 2 is 1.79 bits per heavy atom. The van der Waals surface area contributed by atoms with Crippen molar-refractivity contribution in [3.8, 4) is 0 Å². The quantitative estimate of drug-likeness (QED) is 0.330. The monoisotopic (exact) mass is 384 g/mol. The first-order chi connectivity index (χ1) is 14.0. The van der Waals surface area contributed by atoms with E-state index in [1.54, 1.807) is 0 Å². The molecule has 0 aromatic heterocycles. The second-order valence-electron chi connectivity index (χ2n) is 7.03. The van der Waals surface area contributed by atoms with Crippen LogP contribution in [-0.2, 0) is 0 Å². The molecule has 0 aromatic carbocycles. The van der Waals surface area contributed by atoms with Gasteiger partial charge in [0.2, 0.25) is 0 Å². The number of hydrogen-bond acceptors (Lipinski definition) is 0. The molecule has 0 aromatic rings. The standard InChI is InChI=1S/C29H36/c1-7-15-24(5)22-26(10-4)29(17-9-3)23-25(6)18-14-21-27(16-8-2)28-19-12-11-13-20-28/h8-10,12,14-23H,3-4,7,11,13H2,1-2,5-6H3/b16-8-,18-14+,24-15-,25-23+,26-22+,27-21+,29-17+. The number of allylic oxidation sites excluding steroid dienone is 20. The van der Waals surface area contributed by atoms with E-state index < -0.39 is 0 Å². The van der Waals surface area contributed by atoms with Gasteiger partial charge in [-0.25, -0.2) is 0 Å². The first kappa shape index (κ1) is 24.2.